The number of rotatable bonds is 4. The summed E-state index contributed by atoms with van der Waals surface area (Å²) in [6.45, 7) is 2.04. The van der Waals surface area contributed by atoms with E-state index in [9.17, 15) is 4.79 Å². The van der Waals surface area contributed by atoms with Crippen molar-refractivity contribution in [1.82, 2.24) is 4.98 Å². The molecule has 19 heavy (non-hydrogen) atoms. The second kappa shape index (κ2) is 6.17. The molecule has 0 radical (unpaired) electrons. The molecule has 0 spiro atoms. The summed E-state index contributed by atoms with van der Waals surface area (Å²) in [5, 5.41) is 9.63. The fraction of sp³-hybridized carbons (Fsp3) is 0.133. The summed E-state index contributed by atoms with van der Waals surface area (Å²) in [4.78, 5) is 14.9. The predicted molar refractivity (Wildman–Crippen MR) is 75.1 cm³/mol. The molecule has 1 aromatic carbocycles. The summed E-state index contributed by atoms with van der Waals surface area (Å²) in [7, 11) is 0. The molecule has 94 valence electrons. The van der Waals surface area contributed by atoms with Gasteiger partial charge in [-0.25, -0.2) is 4.98 Å². The van der Waals surface area contributed by atoms with Gasteiger partial charge >= 0.3 is 0 Å². The van der Waals surface area contributed by atoms with Gasteiger partial charge in [0.25, 0.3) is 0 Å². The number of hydrogen-bond acceptors (Lipinski definition) is 4. The SMILES string of the molecule is Cc1ccc(CSc2nc(C=O)ccc2C#N)cc1. The van der Waals surface area contributed by atoms with Crippen LogP contribution in [-0.4, -0.2) is 11.3 Å². The summed E-state index contributed by atoms with van der Waals surface area (Å²) < 4.78 is 0. The fourth-order valence-electron chi connectivity index (χ4n) is 1.55. The van der Waals surface area contributed by atoms with Crippen molar-refractivity contribution in [1.29, 1.82) is 5.26 Å². The second-order valence-corrected chi connectivity index (χ2v) is 5.06. The normalized spacial score (nSPS) is 9.89. The van der Waals surface area contributed by atoms with Crippen molar-refractivity contribution in [3.8, 4) is 6.07 Å². The van der Waals surface area contributed by atoms with Gasteiger partial charge in [-0.15, -0.1) is 11.8 Å². The smallest absolute Gasteiger partial charge is 0.168 e. The zero-order valence-corrected chi connectivity index (χ0v) is 11.3. The average Bonchev–Trinajstić information content (AvgIpc) is 2.46. The number of nitrogens with zero attached hydrogens (tertiary/aromatic N) is 2. The molecule has 0 atom stereocenters. The van der Waals surface area contributed by atoms with Crippen molar-refractivity contribution in [2.75, 3.05) is 0 Å². The molecule has 3 nitrogen and oxygen atoms in total. The first-order valence-corrected chi connectivity index (χ1v) is 6.76. The number of benzene rings is 1. The lowest BCUT2D eigenvalue weighted by atomic mass is 10.2. The number of aryl methyl sites for hydroxylation is 1. The van der Waals surface area contributed by atoms with Crippen LogP contribution in [-0.2, 0) is 5.75 Å². The van der Waals surface area contributed by atoms with Gasteiger partial charge in [-0.3, -0.25) is 4.79 Å². The highest BCUT2D eigenvalue weighted by Crippen LogP contribution is 2.24. The molecule has 0 bridgehead atoms. The number of carbonyl (C=O) groups excluding carboxylic acids is 1. The van der Waals surface area contributed by atoms with Crippen molar-refractivity contribution in [2.45, 2.75) is 17.7 Å². The molecule has 0 fully saturated rings. The fourth-order valence-corrected chi connectivity index (χ4v) is 2.49. The van der Waals surface area contributed by atoms with Gasteiger partial charge in [0.2, 0.25) is 0 Å². The van der Waals surface area contributed by atoms with Gasteiger partial charge in [-0.05, 0) is 24.6 Å². The molecule has 0 aliphatic rings. The van der Waals surface area contributed by atoms with E-state index in [0.717, 1.165) is 11.3 Å². The van der Waals surface area contributed by atoms with Crippen LogP contribution in [0.3, 0.4) is 0 Å². The quantitative estimate of drug-likeness (QED) is 0.630. The van der Waals surface area contributed by atoms with Gasteiger partial charge in [0.05, 0.1) is 5.56 Å². The van der Waals surface area contributed by atoms with Crippen LogP contribution in [0.25, 0.3) is 0 Å². The Labute approximate surface area is 116 Å². The summed E-state index contributed by atoms with van der Waals surface area (Å²) in [6.07, 6.45) is 0.692. The summed E-state index contributed by atoms with van der Waals surface area (Å²) in [5.74, 6) is 0.726. The van der Waals surface area contributed by atoms with Crippen molar-refractivity contribution < 1.29 is 4.79 Å². The first-order valence-electron chi connectivity index (χ1n) is 5.77. The van der Waals surface area contributed by atoms with E-state index in [2.05, 4.69) is 35.3 Å². The van der Waals surface area contributed by atoms with E-state index in [4.69, 9.17) is 5.26 Å². The third-order valence-corrected chi connectivity index (χ3v) is 3.68. The van der Waals surface area contributed by atoms with E-state index in [-0.39, 0.29) is 0 Å². The maximum Gasteiger partial charge on any atom is 0.168 e. The van der Waals surface area contributed by atoms with Crippen LogP contribution < -0.4 is 0 Å². The zero-order chi connectivity index (χ0) is 13.7. The third-order valence-electron chi connectivity index (χ3n) is 2.62. The largest absolute Gasteiger partial charge is 0.296 e. The molecular formula is C15H12N2OS. The van der Waals surface area contributed by atoms with E-state index < -0.39 is 0 Å². The standard InChI is InChI=1S/C15H12N2OS/c1-11-2-4-12(5-3-11)10-19-15-13(8-16)6-7-14(9-18)17-15/h2-7,9H,10H2,1H3. The Morgan fingerprint density at radius 1 is 1.26 bits per heavy atom. The van der Waals surface area contributed by atoms with Crippen LogP contribution in [0.2, 0.25) is 0 Å². The molecule has 2 rings (SSSR count). The number of nitriles is 1. The van der Waals surface area contributed by atoms with Crippen LogP contribution in [0.5, 0.6) is 0 Å². The van der Waals surface area contributed by atoms with Gasteiger partial charge < -0.3 is 0 Å². The van der Waals surface area contributed by atoms with Gasteiger partial charge in [0.1, 0.15) is 16.8 Å². The monoisotopic (exact) mass is 268 g/mol. The molecular weight excluding hydrogens is 256 g/mol. The van der Waals surface area contributed by atoms with Crippen molar-refractivity contribution >= 4 is 18.0 Å². The molecule has 0 aliphatic carbocycles. The Morgan fingerprint density at radius 3 is 2.63 bits per heavy atom. The zero-order valence-electron chi connectivity index (χ0n) is 10.5. The Balaban J connectivity index is 2.16. The van der Waals surface area contributed by atoms with E-state index in [0.29, 0.717) is 22.6 Å². The Kier molecular flexibility index (Phi) is 4.32. The Bertz CT molecular complexity index is 630. The van der Waals surface area contributed by atoms with E-state index in [1.54, 1.807) is 12.1 Å². The van der Waals surface area contributed by atoms with Gasteiger partial charge in [0, 0.05) is 5.75 Å². The lowest BCUT2D eigenvalue weighted by Crippen LogP contribution is -1.93. The molecule has 4 heteroatoms. The second-order valence-electron chi connectivity index (χ2n) is 4.09. The van der Waals surface area contributed by atoms with Crippen LogP contribution in [0.1, 0.15) is 27.2 Å². The van der Waals surface area contributed by atoms with Crippen LogP contribution in [0.4, 0.5) is 0 Å². The number of pyridine rings is 1. The topological polar surface area (TPSA) is 53.8 Å². The molecule has 1 aromatic heterocycles. The minimum atomic E-state index is 0.352. The number of thioether (sulfide) groups is 1. The first kappa shape index (κ1) is 13.3. The molecule has 0 saturated heterocycles. The maximum atomic E-state index is 10.7. The van der Waals surface area contributed by atoms with Crippen LogP contribution in [0, 0.1) is 18.3 Å². The maximum absolute atomic E-state index is 10.7. The van der Waals surface area contributed by atoms with E-state index in [1.807, 2.05) is 6.92 Å². The van der Waals surface area contributed by atoms with Crippen molar-refractivity contribution in [3.05, 3.63) is 58.8 Å². The molecule has 0 saturated carbocycles. The summed E-state index contributed by atoms with van der Waals surface area (Å²) >= 11 is 1.47. The molecule has 0 unspecified atom stereocenters. The number of carbonyl (C=O) groups is 1. The summed E-state index contributed by atoms with van der Waals surface area (Å²) in [5.41, 5.74) is 3.23. The van der Waals surface area contributed by atoms with Crippen molar-refractivity contribution in [2.24, 2.45) is 0 Å². The minimum Gasteiger partial charge on any atom is -0.296 e. The van der Waals surface area contributed by atoms with Gasteiger partial charge in [-0.1, -0.05) is 29.8 Å². The molecule has 0 amide bonds. The third kappa shape index (κ3) is 3.43. The van der Waals surface area contributed by atoms with E-state index >= 15 is 0 Å². The minimum absolute atomic E-state index is 0.352. The average molecular weight is 268 g/mol. The number of aldehydes is 1. The Morgan fingerprint density at radius 2 is 2.00 bits per heavy atom. The highest BCUT2D eigenvalue weighted by Gasteiger charge is 2.06. The first-order chi connectivity index (χ1) is 9.22. The molecule has 0 N–H and O–H groups in total. The summed E-state index contributed by atoms with van der Waals surface area (Å²) in [6, 6.07) is 13.5. The van der Waals surface area contributed by atoms with E-state index in [1.165, 1.54) is 17.3 Å². The van der Waals surface area contributed by atoms with Gasteiger partial charge in [0.15, 0.2) is 6.29 Å². The lowest BCUT2D eigenvalue weighted by Gasteiger charge is -2.04. The highest BCUT2D eigenvalue weighted by atomic mass is 32.2. The van der Waals surface area contributed by atoms with Gasteiger partial charge in [-0.2, -0.15) is 5.26 Å². The molecule has 2 aromatic rings. The number of aromatic nitrogens is 1. The molecule has 1 heterocycles. The Hall–Kier alpha value is -2.12. The van der Waals surface area contributed by atoms with Crippen LogP contribution >= 0.6 is 11.8 Å². The lowest BCUT2D eigenvalue weighted by molar-refractivity contribution is 0.111. The number of hydrogen-bond donors (Lipinski definition) is 0. The highest BCUT2D eigenvalue weighted by molar-refractivity contribution is 7.98. The predicted octanol–water partition coefficient (Wildman–Crippen LogP) is 3.37. The van der Waals surface area contributed by atoms with Crippen molar-refractivity contribution in [3.63, 3.8) is 0 Å². The van der Waals surface area contributed by atoms with Crippen LogP contribution in [0.15, 0.2) is 41.4 Å². The molecule has 0 aliphatic heterocycles.